The van der Waals surface area contributed by atoms with Crippen molar-refractivity contribution >= 4 is 11.3 Å². The molecule has 1 N–H and O–H groups in total. The minimum atomic E-state index is -0.515. The van der Waals surface area contributed by atoms with Crippen molar-refractivity contribution in [2.45, 2.75) is 26.4 Å². The summed E-state index contributed by atoms with van der Waals surface area (Å²) >= 11 is 1.65. The molecule has 0 saturated heterocycles. The van der Waals surface area contributed by atoms with Crippen molar-refractivity contribution in [2.75, 3.05) is 0 Å². The monoisotopic (exact) mass is 234 g/mol. The minimum Gasteiger partial charge on any atom is -0.388 e. The predicted octanol–water partition coefficient (Wildman–Crippen LogP) is 2.43. The maximum absolute atomic E-state index is 10.0. The Labute approximate surface area is 98.8 Å². The molecular formula is C12H14N2OS. The van der Waals surface area contributed by atoms with E-state index >= 15 is 0 Å². The fourth-order valence-corrected chi connectivity index (χ4v) is 2.45. The number of pyridine rings is 1. The lowest BCUT2D eigenvalue weighted by Crippen LogP contribution is -2.01. The smallest absolute Gasteiger partial charge is 0.0960 e. The van der Waals surface area contributed by atoms with Crippen LogP contribution in [0.3, 0.4) is 0 Å². The molecule has 0 amide bonds. The molecule has 0 aliphatic rings. The SMILES string of the molecule is Cc1nc(CC(O)c2cccnc2)sc1C. The van der Waals surface area contributed by atoms with E-state index in [1.165, 1.54) is 4.88 Å². The highest BCUT2D eigenvalue weighted by Gasteiger charge is 2.12. The number of aliphatic hydroxyl groups excluding tert-OH is 1. The number of hydrogen-bond donors (Lipinski definition) is 1. The molecule has 2 rings (SSSR count). The third-order valence-electron chi connectivity index (χ3n) is 2.51. The van der Waals surface area contributed by atoms with Gasteiger partial charge in [-0.05, 0) is 25.5 Å². The predicted molar refractivity (Wildman–Crippen MR) is 64.5 cm³/mol. The van der Waals surface area contributed by atoms with E-state index in [2.05, 4.69) is 9.97 Å². The van der Waals surface area contributed by atoms with E-state index in [9.17, 15) is 5.11 Å². The van der Waals surface area contributed by atoms with Crippen LogP contribution in [0.2, 0.25) is 0 Å². The molecule has 2 aromatic rings. The van der Waals surface area contributed by atoms with Crippen LogP contribution in [0.25, 0.3) is 0 Å². The van der Waals surface area contributed by atoms with Gasteiger partial charge in [0.05, 0.1) is 16.8 Å². The second-order valence-corrected chi connectivity index (χ2v) is 5.04. The molecule has 1 unspecified atom stereocenters. The Morgan fingerprint density at radius 3 is 2.81 bits per heavy atom. The Hall–Kier alpha value is -1.26. The van der Waals surface area contributed by atoms with Crippen LogP contribution in [0.4, 0.5) is 0 Å². The number of aliphatic hydroxyl groups is 1. The van der Waals surface area contributed by atoms with Gasteiger partial charge in [-0.2, -0.15) is 0 Å². The molecule has 84 valence electrons. The molecule has 0 aliphatic carbocycles. The first-order chi connectivity index (χ1) is 7.66. The summed E-state index contributed by atoms with van der Waals surface area (Å²) in [5.41, 5.74) is 1.89. The average molecular weight is 234 g/mol. The first-order valence-electron chi connectivity index (χ1n) is 5.17. The number of nitrogens with zero attached hydrogens (tertiary/aromatic N) is 2. The fraction of sp³-hybridized carbons (Fsp3) is 0.333. The van der Waals surface area contributed by atoms with Crippen LogP contribution in [0, 0.1) is 13.8 Å². The van der Waals surface area contributed by atoms with Crippen molar-refractivity contribution in [1.29, 1.82) is 0 Å². The van der Waals surface area contributed by atoms with Crippen LogP contribution < -0.4 is 0 Å². The van der Waals surface area contributed by atoms with Crippen LogP contribution in [0.1, 0.15) is 27.2 Å². The normalized spacial score (nSPS) is 12.7. The van der Waals surface area contributed by atoms with Gasteiger partial charge in [-0.1, -0.05) is 6.07 Å². The zero-order valence-electron chi connectivity index (χ0n) is 9.34. The summed E-state index contributed by atoms with van der Waals surface area (Å²) in [4.78, 5) is 9.62. The van der Waals surface area contributed by atoms with E-state index in [0.717, 1.165) is 16.3 Å². The van der Waals surface area contributed by atoms with Gasteiger partial charge in [0.15, 0.2) is 0 Å². The maximum atomic E-state index is 10.0. The summed E-state index contributed by atoms with van der Waals surface area (Å²) in [7, 11) is 0. The molecule has 0 saturated carbocycles. The summed E-state index contributed by atoms with van der Waals surface area (Å²) < 4.78 is 0. The van der Waals surface area contributed by atoms with Crippen molar-refractivity contribution < 1.29 is 5.11 Å². The molecule has 1 atom stereocenters. The standard InChI is InChI=1S/C12H14N2OS/c1-8-9(2)16-12(14-8)6-11(15)10-4-3-5-13-7-10/h3-5,7,11,15H,6H2,1-2H3. The zero-order chi connectivity index (χ0) is 11.5. The molecule has 2 aromatic heterocycles. The fourth-order valence-electron chi connectivity index (χ4n) is 1.48. The first-order valence-corrected chi connectivity index (χ1v) is 5.99. The third kappa shape index (κ3) is 2.46. The minimum absolute atomic E-state index is 0.515. The molecule has 0 fully saturated rings. The molecule has 16 heavy (non-hydrogen) atoms. The summed E-state index contributed by atoms with van der Waals surface area (Å²) in [6.45, 7) is 4.04. The Balaban J connectivity index is 2.11. The van der Waals surface area contributed by atoms with Crippen molar-refractivity contribution in [3.8, 4) is 0 Å². The van der Waals surface area contributed by atoms with Gasteiger partial charge in [-0.15, -0.1) is 11.3 Å². The van der Waals surface area contributed by atoms with Crippen molar-refractivity contribution in [3.63, 3.8) is 0 Å². The largest absolute Gasteiger partial charge is 0.388 e. The van der Waals surface area contributed by atoms with Crippen LogP contribution in [0.15, 0.2) is 24.5 Å². The lowest BCUT2D eigenvalue weighted by atomic mass is 10.1. The molecule has 0 aliphatic heterocycles. The summed E-state index contributed by atoms with van der Waals surface area (Å²) in [6.07, 6.45) is 3.44. The first kappa shape index (κ1) is 11.2. The van der Waals surface area contributed by atoms with Crippen LogP contribution in [-0.4, -0.2) is 15.1 Å². The summed E-state index contributed by atoms with van der Waals surface area (Å²) in [6, 6.07) is 3.71. The van der Waals surface area contributed by atoms with Crippen LogP contribution >= 0.6 is 11.3 Å². The highest BCUT2D eigenvalue weighted by atomic mass is 32.1. The zero-order valence-corrected chi connectivity index (χ0v) is 10.2. The Morgan fingerprint density at radius 1 is 1.44 bits per heavy atom. The van der Waals surface area contributed by atoms with Gasteiger partial charge in [0.2, 0.25) is 0 Å². The number of thiazole rings is 1. The van der Waals surface area contributed by atoms with Crippen molar-refractivity contribution in [2.24, 2.45) is 0 Å². The van der Waals surface area contributed by atoms with E-state index in [-0.39, 0.29) is 0 Å². The maximum Gasteiger partial charge on any atom is 0.0960 e. The third-order valence-corrected chi connectivity index (χ3v) is 3.61. The van der Waals surface area contributed by atoms with Gasteiger partial charge in [0.1, 0.15) is 0 Å². The van der Waals surface area contributed by atoms with Crippen LogP contribution in [0.5, 0.6) is 0 Å². The molecule has 0 spiro atoms. The Kier molecular flexibility index (Phi) is 3.31. The summed E-state index contributed by atoms with van der Waals surface area (Å²) in [5, 5.41) is 11.0. The van der Waals surface area contributed by atoms with E-state index in [1.807, 2.05) is 26.0 Å². The molecule has 0 aromatic carbocycles. The number of hydrogen-bond acceptors (Lipinski definition) is 4. The van der Waals surface area contributed by atoms with Crippen molar-refractivity contribution in [1.82, 2.24) is 9.97 Å². The van der Waals surface area contributed by atoms with Gasteiger partial charge in [-0.3, -0.25) is 4.98 Å². The van der Waals surface area contributed by atoms with Crippen LogP contribution in [-0.2, 0) is 6.42 Å². The quantitative estimate of drug-likeness (QED) is 0.887. The van der Waals surface area contributed by atoms with Gasteiger partial charge in [0.25, 0.3) is 0 Å². The summed E-state index contributed by atoms with van der Waals surface area (Å²) in [5.74, 6) is 0. The van der Waals surface area contributed by atoms with Gasteiger partial charge < -0.3 is 5.11 Å². The second-order valence-electron chi connectivity index (χ2n) is 3.76. The highest BCUT2D eigenvalue weighted by molar-refractivity contribution is 7.11. The molecule has 0 radical (unpaired) electrons. The Morgan fingerprint density at radius 2 is 2.25 bits per heavy atom. The number of aryl methyl sites for hydroxylation is 2. The average Bonchev–Trinajstić information content (AvgIpc) is 2.59. The van der Waals surface area contributed by atoms with Gasteiger partial charge >= 0.3 is 0 Å². The topological polar surface area (TPSA) is 46.0 Å². The molecule has 0 bridgehead atoms. The molecular weight excluding hydrogens is 220 g/mol. The van der Waals surface area contributed by atoms with Gasteiger partial charge in [0, 0.05) is 23.7 Å². The van der Waals surface area contributed by atoms with E-state index in [0.29, 0.717) is 6.42 Å². The molecule has 2 heterocycles. The van der Waals surface area contributed by atoms with E-state index in [4.69, 9.17) is 0 Å². The lowest BCUT2D eigenvalue weighted by molar-refractivity contribution is 0.178. The molecule has 4 heteroatoms. The highest BCUT2D eigenvalue weighted by Crippen LogP contribution is 2.22. The van der Waals surface area contributed by atoms with Crippen molar-refractivity contribution in [3.05, 3.63) is 45.7 Å². The Bertz CT molecular complexity index is 448. The number of rotatable bonds is 3. The van der Waals surface area contributed by atoms with E-state index < -0.39 is 6.10 Å². The van der Waals surface area contributed by atoms with E-state index in [1.54, 1.807) is 23.7 Å². The second kappa shape index (κ2) is 4.72. The molecule has 3 nitrogen and oxygen atoms in total. The van der Waals surface area contributed by atoms with Gasteiger partial charge in [-0.25, -0.2) is 4.98 Å². The number of aromatic nitrogens is 2. The lowest BCUT2D eigenvalue weighted by Gasteiger charge is -2.07.